The second-order valence-electron chi connectivity index (χ2n) is 9.27. The van der Waals surface area contributed by atoms with Crippen LogP contribution < -0.4 is 0 Å². The first-order chi connectivity index (χ1) is 14.0. The Morgan fingerprint density at radius 1 is 1.07 bits per heavy atom. The van der Waals surface area contributed by atoms with Gasteiger partial charge >= 0.3 is 5.97 Å². The van der Waals surface area contributed by atoms with Crippen LogP contribution in [0.15, 0.2) is 47.5 Å². The Bertz CT molecular complexity index is 942. The molecule has 4 fully saturated rings. The summed E-state index contributed by atoms with van der Waals surface area (Å²) in [6.45, 7) is 0. The van der Waals surface area contributed by atoms with Crippen molar-refractivity contribution >= 4 is 17.9 Å². The van der Waals surface area contributed by atoms with Gasteiger partial charge in [-0.05, 0) is 97.6 Å². The molecule has 0 unspecified atom stereocenters. The number of benzene rings is 2. The van der Waals surface area contributed by atoms with E-state index in [4.69, 9.17) is 4.74 Å². The fourth-order valence-corrected chi connectivity index (χ4v) is 6.43. The van der Waals surface area contributed by atoms with Crippen molar-refractivity contribution in [3.05, 3.63) is 59.2 Å². The molecule has 0 heterocycles. The van der Waals surface area contributed by atoms with E-state index in [1.54, 1.807) is 24.4 Å². The second kappa shape index (κ2) is 7.01. The van der Waals surface area contributed by atoms with Crippen LogP contribution in [0, 0.1) is 17.8 Å². The summed E-state index contributed by atoms with van der Waals surface area (Å²) in [7, 11) is 1.37. The molecule has 150 valence electrons. The predicted octanol–water partition coefficient (Wildman–Crippen LogP) is 5.40. The van der Waals surface area contributed by atoms with Gasteiger partial charge in [-0.15, -0.1) is 0 Å². The van der Waals surface area contributed by atoms with Crippen molar-refractivity contribution in [1.82, 2.24) is 0 Å². The van der Waals surface area contributed by atoms with E-state index in [1.165, 1.54) is 51.2 Å². The molecular formula is C25H27NO3. The molecule has 6 rings (SSSR count). The Morgan fingerprint density at radius 3 is 2.41 bits per heavy atom. The molecule has 4 saturated carbocycles. The summed E-state index contributed by atoms with van der Waals surface area (Å²) in [4.78, 5) is 16.2. The number of carbonyl (C=O) groups excluding carboxylic acids is 1. The molecule has 0 spiro atoms. The molecule has 29 heavy (non-hydrogen) atoms. The SMILES string of the molecule is COC(=O)c1cccc(N=Cc2cc(C34CC5CC(CC(C5)C3)C4)ccc2O)c1. The molecule has 4 nitrogen and oxygen atoms in total. The van der Waals surface area contributed by atoms with Gasteiger partial charge in [-0.1, -0.05) is 12.1 Å². The van der Waals surface area contributed by atoms with Gasteiger partial charge in [0, 0.05) is 11.8 Å². The molecule has 4 aliphatic carbocycles. The summed E-state index contributed by atoms with van der Waals surface area (Å²) < 4.78 is 4.78. The van der Waals surface area contributed by atoms with E-state index < -0.39 is 0 Å². The predicted molar refractivity (Wildman–Crippen MR) is 113 cm³/mol. The molecule has 2 aromatic rings. The second-order valence-corrected chi connectivity index (χ2v) is 9.27. The summed E-state index contributed by atoms with van der Waals surface area (Å²) in [5.41, 5.74) is 3.51. The van der Waals surface area contributed by atoms with Crippen LogP contribution in [0.1, 0.15) is 60.0 Å². The number of rotatable bonds is 4. The summed E-state index contributed by atoms with van der Waals surface area (Å²) >= 11 is 0. The molecule has 4 aliphatic rings. The van der Waals surface area contributed by atoms with Gasteiger partial charge < -0.3 is 9.84 Å². The van der Waals surface area contributed by atoms with E-state index in [0.29, 0.717) is 11.3 Å². The lowest BCUT2D eigenvalue weighted by atomic mass is 9.48. The first-order valence-electron chi connectivity index (χ1n) is 10.6. The fourth-order valence-electron chi connectivity index (χ4n) is 6.43. The molecule has 1 N–H and O–H groups in total. The highest BCUT2D eigenvalue weighted by molar-refractivity contribution is 5.91. The largest absolute Gasteiger partial charge is 0.507 e. The number of methoxy groups -OCH3 is 1. The fraction of sp³-hybridized carbons (Fsp3) is 0.440. The number of esters is 1. The zero-order valence-corrected chi connectivity index (χ0v) is 16.8. The molecule has 0 saturated heterocycles. The average Bonchev–Trinajstić information content (AvgIpc) is 2.71. The highest BCUT2D eigenvalue weighted by atomic mass is 16.5. The normalized spacial score (nSPS) is 30.0. The highest BCUT2D eigenvalue weighted by Gasteiger charge is 2.51. The van der Waals surface area contributed by atoms with Crippen LogP contribution in [-0.2, 0) is 10.2 Å². The van der Waals surface area contributed by atoms with Gasteiger partial charge in [-0.3, -0.25) is 4.99 Å². The molecule has 0 aliphatic heterocycles. The third-order valence-corrected chi connectivity index (χ3v) is 7.30. The van der Waals surface area contributed by atoms with Crippen molar-refractivity contribution in [3.63, 3.8) is 0 Å². The van der Waals surface area contributed by atoms with Gasteiger partial charge in [0.25, 0.3) is 0 Å². The standard InChI is InChI=1S/C25H27NO3/c1-29-24(28)19-3-2-4-22(11-19)26-15-20-10-21(5-6-23(20)27)25-12-16-7-17(13-25)9-18(8-16)14-25/h2-6,10-11,15-18,27H,7-9,12-14H2,1H3. The van der Waals surface area contributed by atoms with Crippen molar-refractivity contribution in [2.45, 2.75) is 43.9 Å². The van der Waals surface area contributed by atoms with Gasteiger partial charge in [0.1, 0.15) is 5.75 Å². The number of carbonyl (C=O) groups is 1. The minimum atomic E-state index is -0.381. The third kappa shape index (κ3) is 3.35. The lowest BCUT2D eigenvalue weighted by Crippen LogP contribution is -2.48. The van der Waals surface area contributed by atoms with Gasteiger partial charge in [0.15, 0.2) is 0 Å². The van der Waals surface area contributed by atoms with Crippen LogP contribution in [0.4, 0.5) is 5.69 Å². The number of aliphatic imine (C=N–C) groups is 1. The number of phenols is 1. The Morgan fingerprint density at radius 2 is 1.76 bits per heavy atom. The molecule has 4 bridgehead atoms. The maximum absolute atomic E-state index is 11.7. The number of aromatic hydroxyl groups is 1. The Hall–Kier alpha value is -2.62. The number of hydrogen-bond acceptors (Lipinski definition) is 4. The van der Waals surface area contributed by atoms with Crippen molar-refractivity contribution in [2.75, 3.05) is 7.11 Å². The van der Waals surface area contributed by atoms with Crippen LogP contribution in [-0.4, -0.2) is 24.4 Å². The van der Waals surface area contributed by atoms with Crippen molar-refractivity contribution in [3.8, 4) is 5.75 Å². The number of nitrogens with zero attached hydrogens (tertiary/aromatic N) is 1. The van der Waals surface area contributed by atoms with Crippen LogP contribution in [0.2, 0.25) is 0 Å². The maximum Gasteiger partial charge on any atom is 0.337 e. The minimum absolute atomic E-state index is 0.242. The quantitative estimate of drug-likeness (QED) is 0.563. The van der Waals surface area contributed by atoms with E-state index in [9.17, 15) is 9.90 Å². The lowest BCUT2D eigenvalue weighted by Gasteiger charge is -2.57. The van der Waals surface area contributed by atoms with Crippen LogP contribution in [0.3, 0.4) is 0 Å². The summed E-state index contributed by atoms with van der Waals surface area (Å²) in [5.74, 6) is 2.51. The zero-order valence-electron chi connectivity index (χ0n) is 16.8. The molecule has 2 aromatic carbocycles. The highest BCUT2D eigenvalue weighted by Crippen LogP contribution is 2.60. The Labute approximate surface area is 171 Å². The smallest absolute Gasteiger partial charge is 0.337 e. The van der Waals surface area contributed by atoms with Crippen molar-refractivity contribution < 1.29 is 14.6 Å². The first-order valence-corrected chi connectivity index (χ1v) is 10.6. The van der Waals surface area contributed by atoms with E-state index in [1.807, 2.05) is 12.1 Å². The number of phenolic OH excluding ortho intramolecular Hbond substituents is 1. The minimum Gasteiger partial charge on any atom is -0.507 e. The monoisotopic (exact) mass is 389 g/mol. The van der Waals surface area contributed by atoms with Gasteiger partial charge in [-0.2, -0.15) is 0 Å². The average molecular weight is 389 g/mol. The zero-order chi connectivity index (χ0) is 20.0. The van der Waals surface area contributed by atoms with Crippen molar-refractivity contribution in [2.24, 2.45) is 22.7 Å². The molecule has 0 amide bonds. The number of ether oxygens (including phenoxy) is 1. The van der Waals surface area contributed by atoms with Crippen LogP contribution in [0.5, 0.6) is 5.75 Å². The van der Waals surface area contributed by atoms with Gasteiger partial charge in [0.2, 0.25) is 0 Å². The summed E-state index contributed by atoms with van der Waals surface area (Å²) in [6.07, 6.45) is 9.84. The topological polar surface area (TPSA) is 58.9 Å². The molecule has 4 heteroatoms. The third-order valence-electron chi connectivity index (χ3n) is 7.30. The number of hydrogen-bond donors (Lipinski definition) is 1. The summed E-state index contributed by atoms with van der Waals surface area (Å²) in [6, 6.07) is 13.1. The molecular weight excluding hydrogens is 362 g/mol. The van der Waals surface area contributed by atoms with E-state index in [0.717, 1.165) is 23.3 Å². The van der Waals surface area contributed by atoms with Crippen LogP contribution in [0.25, 0.3) is 0 Å². The van der Waals surface area contributed by atoms with Gasteiger partial charge in [-0.25, -0.2) is 4.79 Å². The molecule has 0 radical (unpaired) electrons. The Kier molecular flexibility index (Phi) is 4.45. The first kappa shape index (κ1) is 18.4. The van der Waals surface area contributed by atoms with E-state index in [2.05, 4.69) is 17.1 Å². The molecule has 0 atom stereocenters. The van der Waals surface area contributed by atoms with E-state index >= 15 is 0 Å². The van der Waals surface area contributed by atoms with E-state index in [-0.39, 0.29) is 17.1 Å². The summed E-state index contributed by atoms with van der Waals surface area (Å²) in [5, 5.41) is 10.4. The maximum atomic E-state index is 11.7. The Balaban J connectivity index is 1.44. The molecule has 0 aromatic heterocycles. The lowest BCUT2D eigenvalue weighted by molar-refractivity contribution is -0.00520. The van der Waals surface area contributed by atoms with Crippen LogP contribution >= 0.6 is 0 Å². The van der Waals surface area contributed by atoms with Crippen molar-refractivity contribution in [1.29, 1.82) is 0 Å². The van der Waals surface area contributed by atoms with Gasteiger partial charge in [0.05, 0.1) is 18.4 Å².